The van der Waals surface area contributed by atoms with Gasteiger partial charge in [0.15, 0.2) is 0 Å². The fourth-order valence-electron chi connectivity index (χ4n) is 5.61. The number of ether oxygens (including phenoxy) is 1. The van der Waals surface area contributed by atoms with Crippen LogP contribution in [0.1, 0.15) is 49.7 Å². The Morgan fingerprint density at radius 3 is 2.88 bits per heavy atom. The number of hydrogen-bond donors (Lipinski definition) is 2. The molecular weight excluding hydrogens is 312 g/mol. The van der Waals surface area contributed by atoms with Gasteiger partial charge in [0.2, 0.25) is 0 Å². The number of aliphatic hydroxyl groups excluding tert-OH is 1. The van der Waals surface area contributed by atoms with Crippen molar-refractivity contribution in [3.8, 4) is 17.6 Å². The first-order chi connectivity index (χ1) is 12.0. The Balaban J connectivity index is 1.69. The van der Waals surface area contributed by atoms with Gasteiger partial charge in [0, 0.05) is 5.41 Å². The maximum absolute atomic E-state index is 11.2. The van der Waals surface area contributed by atoms with Crippen LogP contribution < -0.4 is 4.74 Å². The Morgan fingerprint density at radius 2 is 2.12 bits per heavy atom. The van der Waals surface area contributed by atoms with Crippen molar-refractivity contribution < 1.29 is 14.9 Å². The Kier molecular flexibility index (Phi) is 3.94. The first-order valence-corrected chi connectivity index (χ1v) is 9.22. The number of fused-ring (bicyclic) bond motifs is 5. The molecule has 0 heterocycles. The summed E-state index contributed by atoms with van der Waals surface area (Å²) in [6.45, 7) is 2.01. The Morgan fingerprint density at radius 1 is 1.28 bits per heavy atom. The summed E-state index contributed by atoms with van der Waals surface area (Å²) in [5, 5.41) is 20.3. The zero-order valence-electron chi connectivity index (χ0n) is 15.0. The Labute approximate surface area is 149 Å². The van der Waals surface area contributed by atoms with Crippen molar-refractivity contribution in [1.29, 1.82) is 0 Å². The lowest BCUT2D eigenvalue weighted by atomic mass is 9.54. The number of benzene rings is 1. The van der Waals surface area contributed by atoms with Crippen molar-refractivity contribution in [2.45, 2.75) is 44.1 Å². The lowest BCUT2D eigenvalue weighted by molar-refractivity contribution is -0.0549. The van der Waals surface area contributed by atoms with Crippen LogP contribution in [-0.2, 0) is 0 Å². The second-order valence-electron chi connectivity index (χ2n) is 7.96. The topological polar surface area (TPSA) is 49.7 Å². The van der Waals surface area contributed by atoms with Crippen molar-refractivity contribution in [3.05, 3.63) is 35.4 Å². The first-order valence-electron chi connectivity index (χ1n) is 9.22. The molecule has 0 aromatic heterocycles. The molecule has 3 heteroatoms. The summed E-state index contributed by atoms with van der Waals surface area (Å²) < 4.78 is 5.36. The van der Waals surface area contributed by atoms with E-state index in [1.165, 1.54) is 11.1 Å². The monoisotopic (exact) mass is 338 g/mol. The van der Waals surface area contributed by atoms with Gasteiger partial charge in [-0.15, -0.1) is 0 Å². The van der Waals surface area contributed by atoms with Crippen LogP contribution in [0.2, 0.25) is 0 Å². The molecule has 3 nitrogen and oxygen atoms in total. The lowest BCUT2D eigenvalue weighted by Gasteiger charge is -2.50. The third-order valence-electron chi connectivity index (χ3n) is 7.05. The van der Waals surface area contributed by atoms with E-state index < -0.39 is 5.60 Å². The molecule has 0 amide bonds. The molecule has 2 fully saturated rings. The van der Waals surface area contributed by atoms with Crippen LogP contribution in [0.5, 0.6) is 5.75 Å². The van der Waals surface area contributed by atoms with Crippen molar-refractivity contribution >= 4 is 6.08 Å². The van der Waals surface area contributed by atoms with Crippen LogP contribution in [0.4, 0.5) is 0 Å². The van der Waals surface area contributed by atoms with E-state index in [-0.39, 0.29) is 12.0 Å². The highest BCUT2D eigenvalue weighted by atomic mass is 16.5. The molecular formula is C22H26O3. The van der Waals surface area contributed by atoms with Crippen molar-refractivity contribution in [2.24, 2.45) is 17.3 Å². The molecule has 0 aliphatic heterocycles. The van der Waals surface area contributed by atoms with Gasteiger partial charge in [-0.3, -0.25) is 0 Å². The standard InChI is InChI=1S/C22H26O3/c1-21-11-8-18-17-7-5-16(25-2)14-15(17)4-6-19(18)20(21)9-12-22(21,24)10-3-13-23/h4-7,14,18-20,23-24H,8-9,11-13H2,1-2H3/t18-,19-,20+,21+,22+/m1/s1. The molecule has 0 saturated heterocycles. The van der Waals surface area contributed by atoms with Crippen LogP contribution in [0.15, 0.2) is 24.3 Å². The summed E-state index contributed by atoms with van der Waals surface area (Å²) in [6, 6.07) is 6.39. The molecule has 2 N–H and O–H groups in total. The largest absolute Gasteiger partial charge is 0.497 e. The van der Waals surface area contributed by atoms with Crippen molar-refractivity contribution in [1.82, 2.24) is 0 Å². The zero-order valence-corrected chi connectivity index (χ0v) is 15.0. The molecule has 2 saturated carbocycles. The molecule has 0 bridgehead atoms. The molecule has 3 aliphatic carbocycles. The van der Waals surface area contributed by atoms with E-state index in [0.717, 1.165) is 25.0 Å². The smallest absolute Gasteiger partial charge is 0.131 e. The van der Waals surface area contributed by atoms with E-state index in [4.69, 9.17) is 9.84 Å². The van der Waals surface area contributed by atoms with Gasteiger partial charge in [-0.1, -0.05) is 37.0 Å². The predicted octanol–water partition coefficient (Wildman–Crippen LogP) is 3.36. The van der Waals surface area contributed by atoms with E-state index in [9.17, 15) is 5.11 Å². The van der Waals surface area contributed by atoms with E-state index in [1.54, 1.807) is 7.11 Å². The number of hydrogen-bond acceptors (Lipinski definition) is 3. The maximum atomic E-state index is 11.2. The third kappa shape index (κ3) is 2.35. The number of aliphatic hydroxyl groups is 2. The highest BCUT2D eigenvalue weighted by Crippen LogP contribution is 2.63. The average molecular weight is 338 g/mol. The van der Waals surface area contributed by atoms with Crippen LogP contribution in [0.3, 0.4) is 0 Å². The number of allylic oxidation sites excluding steroid dienone is 1. The van der Waals surface area contributed by atoms with Crippen molar-refractivity contribution in [3.63, 3.8) is 0 Å². The van der Waals surface area contributed by atoms with E-state index >= 15 is 0 Å². The van der Waals surface area contributed by atoms with Gasteiger partial charge in [-0.25, -0.2) is 0 Å². The molecule has 132 valence electrons. The van der Waals surface area contributed by atoms with Crippen LogP contribution >= 0.6 is 0 Å². The minimum absolute atomic E-state index is 0.190. The van der Waals surface area contributed by atoms with Gasteiger partial charge in [-0.05, 0) is 66.7 Å². The Bertz CT molecular complexity index is 771. The maximum Gasteiger partial charge on any atom is 0.131 e. The quantitative estimate of drug-likeness (QED) is 0.772. The fraction of sp³-hybridized carbons (Fsp3) is 0.545. The van der Waals surface area contributed by atoms with Crippen LogP contribution in [0, 0.1) is 29.1 Å². The van der Waals surface area contributed by atoms with Gasteiger partial charge in [0.05, 0.1) is 7.11 Å². The average Bonchev–Trinajstić information content (AvgIpc) is 2.91. The number of rotatable bonds is 1. The van der Waals surface area contributed by atoms with Gasteiger partial charge in [0.1, 0.15) is 18.0 Å². The second-order valence-corrected chi connectivity index (χ2v) is 7.96. The molecule has 4 rings (SSSR count). The third-order valence-corrected chi connectivity index (χ3v) is 7.05. The summed E-state index contributed by atoms with van der Waals surface area (Å²) >= 11 is 0. The van der Waals surface area contributed by atoms with E-state index in [1.807, 2.05) is 0 Å². The van der Waals surface area contributed by atoms with Crippen LogP contribution in [-0.4, -0.2) is 29.5 Å². The summed E-state index contributed by atoms with van der Waals surface area (Å²) in [7, 11) is 1.70. The van der Waals surface area contributed by atoms with Gasteiger partial charge in [0.25, 0.3) is 0 Å². The minimum Gasteiger partial charge on any atom is -0.497 e. The molecule has 3 aliphatic rings. The fourth-order valence-corrected chi connectivity index (χ4v) is 5.61. The zero-order chi connectivity index (χ0) is 17.7. The highest BCUT2D eigenvalue weighted by molar-refractivity contribution is 5.61. The van der Waals surface area contributed by atoms with Crippen molar-refractivity contribution in [2.75, 3.05) is 13.7 Å². The van der Waals surface area contributed by atoms with Gasteiger partial charge >= 0.3 is 0 Å². The lowest BCUT2D eigenvalue weighted by Crippen LogP contribution is -2.49. The number of methoxy groups -OCH3 is 1. The minimum atomic E-state index is -0.973. The first kappa shape index (κ1) is 16.7. The molecule has 1 aromatic carbocycles. The highest BCUT2D eigenvalue weighted by Gasteiger charge is 2.60. The van der Waals surface area contributed by atoms with Gasteiger partial charge < -0.3 is 14.9 Å². The van der Waals surface area contributed by atoms with Crippen LogP contribution in [0.25, 0.3) is 6.08 Å². The van der Waals surface area contributed by atoms with Gasteiger partial charge in [-0.2, -0.15) is 0 Å². The summed E-state index contributed by atoms with van der Waals surface area (Å²) in [6.07, 6.45) is 8.29. The molecule has 1 aromatic rings. The SMILES string of the molecule is COc1ccc2c(c1)C=C[C@@H]1[C@@H]2CC[C@@]2(C)[C@H]1CC[C@@]2(O)C#CCO. The summed E-state index contributed by atoms with van der Waals surface area (Å²) in [5.74, 6) is 7.99. The molecule has 25 heavy (non-hydrogen) atoms. The van der Waals surface area contributed by atoms with E-state index in [2.05, 4.69) is 49.1 Å². The molecule has 0 radical (unpaired) electrons. The molecule has 5 atom stereocenters. The molecule has 0 spiro atoms. The van der Waals surface area contributed by atoms with E-state index in [0.29, 0.717) is 24.2 Å². The Hall–Kier alpha value is -1.76. The second kappa shape index (κ2) is 5.90. The predicted molar refractivity (Wildman–Crippen MR) is 98.1 cm³/mol. The summed E-state index contributed by atoms with van der Waals surface area (Å²) in [4.78, 5) is 0. The summed E-state index contributed by atoms with van der Waals surface area (Å²) in [5.41, 5.74) is 1.49. The molecule has 0 unspecified atom stereocenters. The normalized spacial score (nSPS) is 38.2.